The lowest BCUT2D eigenvalue weighted by molar-refractivity contribution is -0.0482. The van der Waals surface area contributed by atoms with Crippen molar-refractivity contribution in [2.75, 3.05) is 20.1 Å². The standard InChI is InChI=1S/C14H19NO/c1-15-9-4-7-14(8-10-15)13-6-3-2-5-12(13)11-16-14/h2-3,5-6H,4,7-11H2,1H3. The first kappa shape index (κ1) is 10.3. The third-order valence-corrected chi connectivity index (χ3v) is 4.03. The molecule has 1 atom stereocenters. The van der Waals surface area contributed by atoms with Crippen LogP contribution in [-0.2, 0) is 16.9 Å². The zero-order valence-electron chi connectivity index (χ0n) is 9.91. The van der Waals surface area contributed by atoms with Gasteiger partial charge in [0, 0.05) is 6.54 Å². The van der Waals surface area contributed by atoms with Gasteiger partial charge in [0.2, 0.25) is 0 Å². The van der Waals surface area contributed by atoms with Gasteiger partial charge in [-0.2, -0.15) is 0 Å². The van der Waals surface area contributed by atoms with Crippen LogP contribution in [0.5, 0.6) is 0 Å². The zero-order chi connectivity index (χ0) is 11.0. The van der Waals surface area contributed by atoms with Crippen LogP contribution in [0.1, 0.15) is 30.4 Å². The predicted molar refractivity (Wildman–Crippen MR) is 64.3 cm³/mol. The van der Waals surface area contributed by atoms with Gasteiger partial charge in [-0.3, -0.25) is 0 Å². The highest BCUT2D eigenvalue weighted by Gasteiger charge is 2.40. The molecule has 0 saturated carbocycles. The summed E-state index contributed by atoms with van der Waals surface area (Å²) in [6.07, 6.45) is 3.56. The van der Waals surface area contributed by atoms with E-state index in [9.17, 15) is 0 Å². The normalized spacial score (nSPS) is 30.3. The number of fused-ring (bicyclic) bond motifs is 2. The molecule has 0 bridgehead atoms. The third-order valence-electron chi connectivity index (χ3n) is 4.03. The van der Waals surface area contributed by atoms with Gasteiger partial charge in [-0.25, -0.2) is 0 Å². The molecule has 0 N–H and O–H groups in total. The fraction of sp³-hybridized carbons (Fsp3) is 0.571. The number of rotatable bonds is 0. The van der Waals surface area contributed by atoms with Crippen molar-refractivity contribution in [3.8, 4) is 0 Å². The summed E-state index contributed by atoms with van der Waals surface area (Å²) in [4.78, 5) is 2.42. The number of hydrogen-bond donors (Lipinski definition) is 0. The van der Waals surface area contributed by atoms with Crippen molar-refractivity contribution < 1.29 is 4.74 Å². The van der Waals surface area contributed by atoms with E-state index in [1.54, 1.807) is 0 Å². The molecule has 1 unspecified atom stereocenters. The molecule has 86 valence electrons. The zero-order valence-corrected chi connectivity index (χ0v) is 9.91. The summed E-state index contributed by atoms with van der Waals surface area (Å²) in [5.41, 5.74) is 2.87. The Balaban J connectivity index is 1.94. The average Bonchev–Trinajstić information content (AvgIpc) is 2.55. The Morgan fingerprint density at radius 2 is 2.06 bits per heavy atom. The molecule has 0 radical (unpaired) electrons. The molecule has 0 amide bonds. The van der Waals surface area contributed by atoms with E-state index in [4.69, 9.17) is 4.74 Å². The summed E-state index contributed by atoms with van der Waals surface area (Å²) in [7, 11) is 2.21. The second-order valence-electron chi connectivity index (χ2n) is 5.10. The number of benzene rings is 1. The molecule has 2 heterocycles. The number of nitrogens with zero attached hydrogens (tertiary/aromatic N) is 1. The smallest absolute Gasteiger partial charge is 0.0952 e. The number of likely N-dealkylation sites (tertiary alicyclic amines) is 1. The second-order valence-corrected chi connectivity index (χ2v) is 5.10. The van der Waals surface area contributed by atoms with Crippen molar-refractivity contribution >= 4 is 0 Å². The van der Waals surface area contributed by atoms with Crippen molar-refractivity contribution in [3.63, 3.8) is 0 Å². The highest BCUT2D eigenvalue weighted by molar-refractivity contribution is 5.35. The first-order valence-corrected chi connectivity index (χ1v) is 6.21. The lowest BCUT2D eigenvalue weighted by Gasteiger charge is -2.28. The molecule has 1 spiro atoms. The number of ether oxygens (including phenoxy) is 1. The van der Waals surface area contributed by atoms with Crippen molar-refractivity contribution in [2.45, 2.75) is 31.5 Å². The molecule has 1 fully saturated rings. The van der Waals surface area contributed by atoms with Gasteiger partial charge >= 0.3 is 0 Å². The van der Waals surface area contributed by atoms with Crippen molar-refractivity contribution in [1.29, 1.82) is 0 Å². The molecule has 1 aromatic rings. The molecule has 0 aromatic heterocycles. The van der Waals surface area contributed by atoms with Crippen LogP contribution in [0.25, 0.3) is 0 Å². The molecule has 16 heavy (non-hydrogen) atoms. The highest BCUT2D eigenvalue weighted by atomic mass is 16.5. The largest absolute Gasteiger partial charge is 0.366 e. The van der Waals surface area contributed by atoms with Crippen molar-refractivity contribution in [3.05, 3.63) is 35.4 Å². The second kappa shape index (κ2) is 3.86. The molecular weight excluding hydrogens is 198 g/mol. The fourth-order valence-electron chi connectivity index (χ4n) is 3.04. The molecule has 2 heteroatoms. The van der Waals surface area contributed by atoms with E-state index < -0.39 is 0 Å². The average molecular weight is 217 g/mol. The summed E-state index contributed by atoms with van der Waals surface area (Å²) in [5, 5.41) is 0. The van der Waals surface area contributed by atoms with Gasteiger partial charge in [0.1, 0.15) is 0 Å². The van der Waals surface area contributed by atoms with Gasteiger partial charge in [-0.05, 0) is 44.0 Å². The summed E-state index contributed by atoms with van der Waals surface area (Å²) in [6.45, 7) is 3.15. The van der Waals surface area contributed by atoms with E-state index in [2.05, 4.69) is 36.2 Å². The highest BCUT2D eigenvalue weighted by Crippen LogP contribution is 2.43. The van der Waals surface area contributed by atoms with E-state index in [1.807, 2.05) is 0 Å². The maximum atomic E-state index is 6.15. The fourth-order valence-corrected chi connectivity index (χ4v) is 3.04. The Hall–Kier alpha value is -0.860. The minimum absolute atomic E-state index is 0.0291. The summed E-state index contributed by atoms with van der Waals surface area (Å²) in [6, 6.07) is 8.72. The van der Waals surface area contributed by atoms with Gasteiger partial charge in [-0.15, -0.1) is 0 Å². The van der Waals surface area contributed by atoms with Crippen LogP contribution in [0.2, 0.25) is 0 Å². The van der Waals surface area contributed by atoms with Crippen LogP contribution in [0.4, 0.5) is 0 Å². The van der Waals surface area contributed by atoms with Gasteiger partial charge < -0.3 is 9.64 Å². The van der Waals surface area contributed by atoms with E-state index in [0.29, 0.717) is 0 Å². The van der Waals surface area contributed by atoms with Crippen LogP contribution in [0.3, 0.4) is 0 Å². The Bertz CT molecular complexity index is 390. The SMILES string of the molecule is CN1CCCC2(CC1)OCc1ccccc12. The molecule has 1 aromatic carbocycles. The first-order chi connectivity index (χ1) is 7.80. The van der Waals surface area contributed by atoms with E-state index in [1.165, 1.54) is 30.5 Å². The topological polar surface area (TPSA) is 12.5 Å². The summed E-state index contributed by atoms with van der Waals surface area (Å²) < 4.78 is 6.15. The van der Waals surface area contributed by atoms with Crippen LogP contribution >= 0.6 is 0 Å². The third kappa shape index (κ3) is 1.57. The van der Waals surface area contributed by atoms with Gasteiger partial charge in [0.15, 0.2) is 0 Å². The van der Waals surface area contributed by atoms with Crippen LogP contribution in [-0.4, -0.2) is 25.0 Å². The van der Waals surface area contributed by atoms with E-state index in [-0.39, 0.29) is 5.60 Å². The Labute approximate surface area is 97.2 Å². The van der Waals surface area contributed by atoms with Gasteiger partial charge in [-0.1, -0.05) is 24.3 Å². The maximum absolute atomic E-state index is 6.15. The van der Waals surface area contributed by atoms with Crippen molar-refractivity contribution in [1.82, 2.24) is 4.90 Å². The Morgan fingerprint density at radius 3 is 3.00 bits per heavy atom. The van der Waals surface area contributed by atoms with Crippen LogP contribution in [0, 0.1) is 0 Å². The number of hydrogen-bond acceptors (Lipinski definition) is 2. The lowest BCUT2D eigenvalue weighted by Crippen LogP contribution is -2.27. The quantitative estimate of drug-likeness (QED) is 0.662. The molecule has 2 nitrogen and oxygen atoms in total. The molecule has 3 rings (SSSR count). The molecular formula is C14H19NO. The van der Waals surface area contributed by atoms with Crippen LogP contribution < -0.4 is 0 Å². The minimum Gasteiger partial charge on any atom is -0.366 e. The maximum Gasteiger partial charge on any atom is 0.0952 e. The Morgan fingerprint density at radius 1 is 1.19 bits per heavy atom. The van der Waals surface area contributed by atoms with E-state index in [0.717, 1.165) is 19.6 Å². The summed E-state index contributed by atoms with van der Waals surface area (Å²) in [5.74, 6) is 0. The molecule has 2 aliphatic rings. The Kier molecular flexibility index (Phi) is 2.49. The van der Waals surface area contributed by atoms with E-state index >= 15 is 0 Å². The lowest BCUT2D eigenvalue weighted by atomic mass is 9.86. The predicted octanol–water partition coefficient (Wildman–Crippen LogP) is 2.53. The molecule has 0 aliphatic carbocycles. The molecule has 2 aliphatic heterocycles. The molecule has 1 saturated heterocycles. The van der Waals surface area contributed by atoms with Gasteiger partial charge in [0.25, 0.3) is 0 Å². The van der Waals surface area contributed by atoms with Crippen LogP contribution in [0.15, 0.2) is 24.3 Å². The summed E-state index contributed by atoms with van der Waals surface area (Å²) >= 11 is 0. The monoisotopic (exact) mass is 217 g/mol. The van der Waals surface area contributed by atoms with Gasteiger partial charge in [0.05, 0.1) is 12.2 Å². The first-order valence-electron chi connectivity index (χ1n) is 6.21. The van der Waals surface area contributed by atoms with Crippen molar-refractivity contribution in [2.24, 2.45) is 0 Å². The minimum atomic E-state index is 0.0291.